The molecule has 0 radical (unpaired) electrons. The van der Waals surface area contributed by atoms with E-state index in [1.807, 2.05) is 45.0 Å². The molecule has 1 aromatic carbocycles. The molecule has 1 aromatic rings. The summed E-state index contributed by atoms with van der Waals surface area (Å²) in [6, 6.07) is 7.66. The van der Waals surface area contributed by atoms with Gasteiger partial charge in [0.15, 0.2) is 11.5 Å². The van der Waals surface area contributed by atoms with Crippen molar-refractivity contribution in [3.8, 4) is 11.5 Å². The van der Waals surface area contributed by atoms with Crippen molar-refractivity contribution < 1.29 is 19.0 Å². The quantitative estimate of drug-likeness (QED) is 0.675. The third-order valence-corrected chi connectivity index (χ3v) is 3.92. The first-order valence-electron chi connectivity index (χ1n) is 8.27. The van der Waals surface area contributed by atoms with Crippen LogP contribution in [0.5, 0.6) is 11.5 Å². The molecule has 0 N–H and O–H groups in total. The van der Waals surface area contributed by atoms with E-state index in [0.717, 1.165) is 23.2 Å². The van der Waals surface area contributed by atoms with Gasteiger partial charge in [0.1, 0.15) is 5.60 Å². The standard InChI is InChI=1S/C18H26BrNO4/c1-18(2,3)24-17(21)20-10-8-14(12-20)13-23-16-7-5-4-6-15(16)22-11-9-19/h4-7,14H,8-13H2,1-3H3. The van der Waals surface area contributed by atoms with Crippen LogP contribution in [-0.4, -0.2) is 48.2 Å². The minimum Gasteiger partial charge on any atom is -0.489 e. The summed E-state index contributed by atoms with van der Waals surface area (Å²) >= 11 is 3.35. The van der Waals surface area contributed by atoms with Gasteiger partial charge in [0.2, 0.25) is 0 Å². The predicted octanol–water partition coefficient (Wildman–Crippen LogP) is 4.10. The monoisotopic (exact) mass is 399 g/mol. The molecule has 2 rings (SSSR count). The second-order valence-electron chi connectivity index (χ2n) is 6.88. The zero-order valence-corrected chi connectivity index (χ0v) is 16.2. The lowest BCUT2D eigenvalue weighted by molar-refractivity contribution is 0.0284. The molecule has 0 saturated carbocycles. The molecule has 1 fully saturated rings. The molecule has 1 heterocycles. The van der Waals surface area contributed by atoms with E-state index in [0.29, 0.717) is 32.2 Å². The molecular weight excluding hydrogens is 374 g/mol. The fraction of sp³-hybridized carbons (Fsp3) is 0.611. The van der Waals surface area contributed by atoms with Crippen molar-refractivity contribution in [3.63, 3.8) is 0 Å². The lowest BCUT2D eigenvalue weighted by atomic mass is 10.1. The number of alkyl halides is 1. The van der Waals surface area contributed by atoms with Crippen LogP contribution in [0.4, 0.5) is 4.79 Å². The van der Waals surface area contributed by atoms with Gasteiger partial charge in [-0.2, -0.15) is 0 Å². The maximum atomic E-state index is 12.1. The molecule has 0 aromatic heterocycles. The second-order valence-corrected chi connectivity index (χ2v) is 7.67. The maximum absolute atomic E-state index is 12.1. The number of para-hydroxylation sites is 2. The molecule has 1 aliphatic heterocycles. The van der Waals surface area contributed by atoms with E-state index in [9.17, 15) is 4.79 Å². The average molecular weight is 400 g/mol. The first-order valence-corrected chi connectivity index (χ1v) is 9.39. The van der Waals surface area contributed by atoms with Gasteiger partial charge >= 0.3 is 6.09 Å². The van der Waals surface area contributed by atoms with Gasteiger partial charge < -0.3 is 19.1 Å². The lowest BCUT2D eigenvalue weighted by Crippen LogP contribution is -2.35. The Morgan fingerprint density at radius 1 is 1.25 bits per heavy atom. The van der Waals surface area contributed by atoms with E-state index in [1.165, 1.54) is 0 Å². The van der Waals surface area contributed by atoms with Crippen LogP contribution in [0, 0.1) is 5.92 Å². The van der Waals surface area contributed by atoms with Crippen molar-refractivity contribution in [1.29, 1.82) is 0 Å². The zero-order valence-electron chi connectivity index (χ0n) is 14.6. The highest BCUT2D eigenvalue weighted by Gasteiger charge is 2.30. The van der Waals surface area contributed by atoms with Crippen LogP contribution in [0.3, 0.4) is 0 Å². The molecule has 1 atom stereocenters. The van der Waals surface area contributed by atoms with Crippen LogP contribution < -0.4 is 9.47 Å². The van der Waals surface area contributed by atoms with E-state index >= 15 is 0 Å². The molecule has 1 aliphatic rings. The number of halogens is 1. The highest BCUT2D eigenvalue weighted by atomic mass is 79.9. The highest BCUT2D eigenvalue weighted by molar-refractivity contribution is 9.09. The summed E-state index contributed by atoms with van der Waals surface area (Å²) in [5.41, 5.74) is -0.461. The van der Waals surface area contributed by atoms with Crippen LogP contribution in [0.25, 0.3) is 0 Å². The first-order chi connectivity index (χ1) is 11.4. The molecule has 5 nitrogen and oxygen atoms in total. The molecule has 1 saturated heterocycles. The Bertz CT molecular complexity index is 544. The molecule has 1 unspecified atom stereocenters. The van der Waals surface area contributed by atoms with Crippen LogP contribution in [0.15, 0.2) is 24.3 Å². The largest absolute Gasteiger partial charge is 0.489 e. The molecule has 0 aliphatic carbocycles. The highest BCUT2D eigenvalue weighted by Crippen LogP contribution is 2.28. The van der Waals surface area contributed by atoms with Crippen LogP contribution in [-0.2, 0) is 4.74 Å². The third-order valence-electron chi connectivity index (χ3n) is 3.60. The summed E-state index contributed by atoms with van der Waals surface area (Å²) in [6.07, 6.45) is 0.676. The van der Waals surface area contributed by atoms with Crippen LogP contribution in [0.1, 0.15) is 27.2 Å². The lowest BCUT2D eigenvalue weighted by Gasteiger charge is -2.24. The molecule has 1 amide bonds. The van der Waals surface area contributed by atoms with Crippen molar-refractivity contribution in [2.45, 2.75) is 32.8 Å². The van der Waals surface area contributed by atoms with E-state index in [4.69, 9.17) is 14.2 Å². The average Bonchev–Trinajstić information content (AvgIpc) is 2.99. The summed E-state index contributed by atoms with van der Waals surface area (Å²) in [5.74, 6) is 1.80. The minimum atomic E-state index is -0.461. The predicted molar refractivity (Wildman–Crippen MR) is 97.1 cm³/mol. The normalized spacial score (nSPS) is 17.7. The first kappa shape index (κ1) is 18.9. The number of likely N-dealkylation sites (tertiary alicyclic amines) is 1. The second kappa shape index (κ2) is 8.60. The summed E-state index contributed by atoms with van der Waals surface area (Å²) in [6.45, 7) is 8.18. The Hall–Kier alpha value is -1.43. The number of hydrogen-bond donors (Lipinski definition) is 0. The number of carbonyl (C=O) groups excluding carboxylic acids is 1. The Kier molecular flexibility index (Phi) is 6.78. The molecule has 24 heavy (non-hydrogen) atoms. The Morgan fingerprint density at radius 2 is 1.92 bits per heavy atom. The number of nitrogens with zero attached hydrogens (tertiary/aromatic N) is 1. The van der Waals surface area contributed by atoms with Gasteiger partial charge in [-0.3, -0.25) is 0 Å². The van der Waals surface area contributed by atoms with Crippen molar-refractivity contribution in [2.24, 2.45) is 5.92 Å². The summed E-state index contributed by atoms with van der Waals surface area (Å²) in [7, 11) is 0. The van der Waals surface area contributed by atoms with E-state index in [1.54, 1.807) is 4.90 Å². The Labute approximate surface area is 152 Å². The van der Waals surface area contributed by atoms with Crippen molar-refractivity contribution >= 4 is 22.0 Å². The number of amides is 1. The number of benzene rings is 1. The fourth-order valence-electron chi connectivity index (χ4n) is 2.51. The van der Waals surface area contributed by atoms with Gasteiger partial charge in [0.25, 0.3) is 0 Å². The summed E-state index contributed by atoms with van der Waals surface area (Å²) in [4.78, 5) is 13.8. The van der Waals surface area contributed by atoms with Crippen molar-refractivity contribution in [2.75, 3.05) is 31.6 Å². The van der Waals surface area contributed by atoms with Gasteiger partial charge in [-0.1, -0.05) is 28.1 Å². The topological polar surface area (TPSA) is 48.0 Å². The van der Waals surface area contributed by atoms with E-state index in [2.05, 4.69) is 15.9 Å². The van der Waals surface area contributed by atoms with Crippen molar-refractivity contribution in [3.05, 3.63) is 24.3 Å². The number of rotatable bonds is 6. The molecule has 134 valence electrons. The van der Waals surface area contributed by atoms with Crippen molar-refractivity contribution in [1.82, 2.24) is 4.90 Å². The van der Waals surface area contributed by atoms with E-state index in [-0.39, 0.29) is 6.09 Å². The Balaban J connectivity index is 1.83. The van der Waals surface area contributed by atoms with Gasteiger partial charge in [-0.05, 0) is 39.3 Å². The molecule has 0 spiro atoms. The Morgan fingerprint density at radius 3 is 2.54 bits per heavy atom. The SMILES string of the molecule is CC(C)(C)OC(=O)N1CCC(COc2ccccc2OCCBr)C1. The minimum absolute atomic E-state index is 0.244. The van der Waals surface area contributed by atoms with E-state index < -0.39 is 5.60 Å². The smallest absolute Gasteiger partial charge is 0.410 e. The zero-order chi connectivity index (χ0) is 17.6. The van der Waals surface area contributed by atoms with Gasteiger partial charge in [0, 0.05) is 24.3 Å². The number of ether oxygens (including phenoxy) is 3. The van der Waals surface area contributed by atoms with Crippen LogP contribution in [0.2, 0.25) is 0 Å². The molecule has 6 heteroatoms. The fourth-order valence-corrected chi connectivity index (χ4v) is 2.67. The van der Waals surface area contributed by atoms with Gasteiger partial charge in [0.05, 0.1) is 13.2 Å². The summed E-state index contributed by atoms with van der Waals surface area (Å²) in [5, 5.41) is 0.773. The summed E-state index contributed by atoms with van der Waals surface area (Å²) < 4.78 is 17.0. The maximum Gasteiger partial charge on any atom is 0.410 e. The number of carbonyl (C=O) groups is 1. The number of hydrogen-bond acceptors (Lipinski definition) is 4. The van der Waals surface area contributed by atoms with Gasteiger partial charge in [-0.25, -0.2) is 4.79 Å². The molecular formula is C18H26BrNO4. The van der Waals surface area contributed by atoms with Crippen LogP contribution >= 0.6 is 15.9 Å². The third kappa shape index (κ3) is 5.89. The molecule has 0 bridgehead atoms. The van der Waals surface area contributed by atoms with Gasteiger partial charge in [-0.15, -0.1) is 0 Å².